The van der Waals surface area contributed by atoms with Crippen molar-refractivity contribution in [2.24, 2.45) is 5.73 Å². The Bertz CT molecular complexity index is 1020. The molecule has 0 atom stereocenters. The number of hydrogen-bond donors (Lipinski definition) is 1. The summed E-state index contributed by atoms with van der Waals surface area (Å²) < 4.78 is 6.73. The molecular weight excluding hydrogens is 374 g/mol. The SMILES string of the molecule is COCCn1c(Cc2ccc(Cl)cc2)nc2sc(C(N)=O)c(C)c2c1=O. The second-order valence-corrected chi connectivity index (χ2v) is 7.32. The Morgan fingerprint density at radius 2 is 2.04 bits per heavy atom. The van der Waals surface area contributed by atoms with Crippen molar-refractivity contribution in [3.8, 4) is 0 Å². The van der Waals surface area contributed by atoms with Crippen LogP contribution in [0.3, 0.4) is 0 Å². The number of amides is 1. The topological polar surface area (TPSA) is 87.2 Å². The Labute approximate surface area is 159 Å². The van der Waals surface area contributed by atoms with E-state index in [1.165, 1.54) is 0 Å². The largest absolute Gasteiger partial charge is 0.383 e. The van der Waals surface area contributed by atoms with E-state index in [1.807, 2.05) is 12.1 Å². The van der Waals surface area contributed by atoms with Crippen molar-refractivity contribution in [2.75, 3.05) is 13.7 Å². The number of carbonyl (C=O) groups is 1. The fourth-order valence-electron chi connectivity index (χ4n) is 2.83. The van der Waals surface area contributed by atoms with Gasteiger partial charge in [-0.15, -0.1) is 11.3 Å². The molecule has 1 aromatic carbocycles. The minimum absolute atomic E-state index is 0.183. The molecule has 0 fully saturated rings. The minimum atomic E-state index is -0.549. The number of nitrogens with two attached hydrogens (primary N) is 1. The first-order valence-corrected chi connectivity index (χ1v) is 9.17. The normalized spacial score (nSPS) is 11.2. The molecule has 0 bridgehead atoms. The van der Waals surface area contributed by atoms with Crippen LogP contribution in [0.25, 0.3) is 10.2 Å². The number of ether oxygens (including phenoxy) is 1. The number of aromatic nitrogens is 2. The second kappa shape index (κ2) is 7.57. The van der Waals surface area contributed by atoms with E-state index in [2.05, 4.69) is 4.98 Å². The molecule has 2 heterocycles. The number of methoxy groups -OCH3 is 1. The van der Waals surface area contributed by atoms with Crippen LogP contribution < -0.4 is 11.3 Å². The third kappa shape index (κ3) is 3.51. The number of rotatable bonds is 6. The summed E-state index contributed by atoms with van der Waals surface area (Å²) >= 11 is 7.09. The lowest BCUT2D eigenvalue weighted by Crippen LogP contribution is -2.27. The molecule has 2 N–H and O–H groups in total. The predicted octanol–water partition coefficient (Wildman–Crippen LogP) is 2.76. The summed E-state index contributed by atoms with van der Waals surface area (Å²) in [6.45, 7) is 2.48. The Morgan fingerprint density at radius 3 is 2.65 bits per heavy atom. The number of primary amides is 1. The van der Waals surface area contributed by atoms with Gasteiger partial charge < -0.3 is 10.5 Å². The van der Waals surface area contributed by atoms with E-state index in [-0.39, 0.29) is 5.56 Å². The molecule has 1 amide bonds. The number of thiophene rings is 1. The summed E-state index contributed by atoms with van der Waals surface area (Å²) in [7, 11) is 1.58. The average molecular weight is 392 g/mol. The zero-order valence-electron chi connectivity index (χ0n) is 14.4. The molecule has 0 aliphatic heterocycles. The molecule has 8 heteroatoms. The number of benzene rings is 1. The summed E-state index contributed by atoms with van der Waals surface area (Å²) in [5.74, 6) is 0.0618. The van der Waals surface area contributed by atoms with Crippen LogP contribution in [0.4, 0.5) is 0 Å². The molecule has 0 unspecified atom stereocenters. The molecular formula is C18H18ClN3O3S. The first kappa shape index (κ1) is 18.6. The maximum absolute atomic E-state index is 13.1. The maximum Gasteiger partial charge on any atom is 0.262 e. The summed E-state index contributed by atoms with van der Waals surface area (Å²) in [5.41, 5.74) is 6.81. The van der Waals surface area contributed by atoms with Gasteiger partial charge in [-0.05, 0) is 30.2 Å². The number of halogens is 1. The molecule has 0 saturated carbocycles. The van der Waals surface area contributed by atoms with Crippen molar-refractivity contribution >= 4 is 39.1 Å². The van der Waals surface area contributed by atoms with Gasteiger partial charge in [0.15, 0.2) is 0 Å². The van der Waals surface area contributed by atoms with Gasteiger partial charge in [0.25, 0.3) is 11.5 Å². The van der Waals surface area contributed by atoms with E-state index in [4.69, 9.17) is 22.1 Å². The van der Waals surface area contributed by atoms with Crippen LogP contribution >= 0.6 is 22.9 Å². The van der Waals surface area contributed by atoms with Crippen molar-refractivity contribution in [1.29, 1.82) is 0 Å². The number of carbonyl (C=O) groups excluding carboxylic acids is 1. The zero-order chi connectivity index (χ0) is 18.8. The van der Waals surface area contributed by atoms with Crippen molar-refractivity contribution in [1.82, 2.24) is 9.55 Å². The summed E-state index contributed by atoms with van der Waals surface area (Å²) in [6.07, 6.45) is 0.467. The van der Waals surface area contributed by atoms with Crippen LogP contribution in [0.15, 0.2) is 29.1 Å². The van der Waals surface area contributed by atoms with Gasteiger partial charge in [-0.25, -0.2) is 4.98 Å². The molecule has 2 aromatic heterocycles. The van der Waals surface area contributed by atoms with Gasteiger partial charge in [0.05, 0.1) is 23.4 Å². The van der Waals surface area contributed by atoms with Crippen molar-refractivity contribution in [3.05, 3.63) is 61.5 Å². The number of nitrogens with zero attached hydrogens (tertiary/aromatic N) is 2. The minimum Gasteiger partial charge on any atom is -0.383 e. The molecule has 0 radical (unpaired) electrons. The highest BCUT2D eigenvalue weighted by atomic mass is 35.5. The molecule has 26 heavy (non-hydrogen) atoms. The van der Waals surface area contributed by atoms with Crippen LogP contribution in [-0.2, 0) is 17.7 Å². The highest BCUT2D eigenvalue weighted by molar-refractivity contribution is 7.20. The van der Waals surface area contributed by atoms with Crippen molar-refractivity contribution in [2.45, 2.75) is 19.9 Å². The molecule has 0 aliphatic rings. The quantitative estimate of drug-likeness (QED) is 0.699. The number of aryl methyl sites for hydroxylation is 1. The van der Waals surface area contributed by atoms with Gasteiger partial charge in [0, 0.05) is 18.6 Å². The number of hydrogen-bond acceptors (Lipinski definition) is 5. The van der Waals surface area contributed by atoms with E-state index in [0.717, 1.165) is 16.9 Å². The smallest absolute Gasteiger partial charge is 0.262 e. The predicted molar refractivity (Wildman–Crippen MR) is 103 cm³/mol. The monoisotopic (exact) mass is 391 g/mol. The van der Waals surface area contributed by atoms with Crippen molar-refractivity contribution < 1.29 is 9.53 Å². The molecule has 0 aliphatic carbocycles. The van der Waals surface area contributed by atoms with Crippen LogP contribution in [0, 0.1) is 6.92 Å². The summed E-state index contributed by atoms with van der Waals surface area (Å²) in [4.78, 5) is 30.2. The lowest BCUT2D eigenvalue weighted by atomic mass is 10.1. The third-order valence-electron chi connectivity index (χ3n) is 4.15. The lowest BCUT2D eigenvalue weighted by molar-refractivity contribution is 0.100. The highest BCUT2D eigenvalue weighted by Crippen LogP contribution is 2.27. The van der Waals surface area contributed by atoms with Gasteiger partial charge in [-0.3, -0.25) is 14.2 Å². The molecule has 0 saturated heterocycles. The molecule has 3 rings (SSSR count). The van der Waals surface area contributed by atoms with E-state index < -0.39 is 5.91 Å². The van der Waals surface area contributed by atoms with E-state index in [0.29, 0.717) is 51.1 Å². The molecule has 136 valence electrons. The van der Waals surface area contributed by atoms with E-state index in [9.17, 15) is 9.59 Å². The third-order valence-corrected chi connectivity index (χ3v) is 5.60. The lowest BCUT2D eigenvalue weighted by Gasteiger charge is -2.12. The van der Waals surface area contributed by atoms with Crippen molar-refractivity contribution in [3.63, 3.8) is 0 Å². The van der Waals surface area contributed by atoms with E-state index >= 15 is 0 Å². The first-order chi connectivity index (χ1) is 12.4. The highest BCUT2D eigenvalue weighted by Gasteiger charge is 2.20. The van der Waals surface area contributed by atoms with Crippen LogP contribution in [0.2, 0.25) is 5.02 Å². The van der Waals surface area contributed by atoms with Gasteiger partial charge >= 0.3 is 0 Å². The second-order valence-electron chi connectivity index (χ2n) is 5.88. The zero-order valence-corrected chi connectivity index (χ0v) is 16.0. The number of fused-ring (bicyclic) bond motifs is 1. The van der Waals surface area contributed by atoms with Crippen LogP contribution in [0.5, 0.6) is 0 Å². The standard InChI is InChI=1S/C18H18ClN3O3S/c1-10-14-17(26-15(10)16(20)23)21-13(22(18(14)24)7-8-25-2)9-11-3-5-12(19)6-4-11/h3-6H,7-9H2,1-2H3,(H2,20,23). The average Bonchev–Trinajstić information content (AvgIpc) is 2.93. The Kier molecular flexibility index (Phi) is 5.41. The Hall–Kier alpha value is -2.22. The van der Waals surface area contributed by atoms with Crippen LogP contribution in [-0.4, -0.2) is 29.2 Å². The fourth-order valence-corrected chi connectivity index (χ4v) is 4.00. The molecule has 6 nitrogen and oxygen atoms in total. The Morgan fingerprint density at radius 1 is 1.35 bits per heavy atom. The van der Waals surface area contributed by atoms with Gasteiger partial charge in [-0.1, -0.05) is 23.7 Å². The first-order valence-electron chi connectivity index (χ1n) is 7.98. The summed E-state index contributed by atoms with van der Waals surface area (Å²) in [5, 5.41) is 1.09. The van der Waals surface area contributed by atoms with Gasteiger partial charge in [0.2, 0.25) is 0 Å². The van der Waals surface area contributed by atoms with Gasteiger partial charge in [0.1, 0.15) is 10.7 Å². The van der Waals surface area contributed by atoms with Gasteiger partial charge in [-0.2, -0.15) is 0 Å². The van der Waals surface area contributed by atoms with Crippen LogP contribution in [0.1, 0.15) is 26.6 Å². The fraction of sp³-hybridized carbons (Fsp3) is 0.278. The molecule has 3 aromatic rings. The van der Waals surface area contributed by atoms with E-state index in [1.54, 1.807) is 30.7 Å². The summed E-state index contributed by atoms with van der Waals surface area (Å²) in [6, 6.07) is 7.39. The molecule has 0 spiro atoms. The Balaban J connectivity index is 2.17. The maximum atomic E-state index is 13.1.